The predicted molar refractivity (Wildman–Crippen MR) is 101 cm³/mol. The first-order chi connectivity index (χ1) is 12.6. The van der Waals surface area contributed by atoms with Crippen molar-refractivity contribution in [1.29, 1.82) is 0 Å². The number of aromatic nitrogens is 2. The summed E-state index contributed by atoms with van der Waals surface area (Å²) in [7, 11) is 1.63. The van der Waals surface area contributed by atoms with Crippen molar-refractivity contribution in [3.05, 3.63) is 65.9 Å². The number of nitrogens with one attached hydrogen (secondary N) is 1. The summed E-state index contributed by atoms with van der Waals surface area (Å²) in [4.78, 5) is 12.7. The number of amides is 1. The van der Waals surface area contributed by atoms with Crippen molar-refractivity contribution < 1.29 is 9.53 Å². The number of ether oxygens (including phenoxy) is 1. The van der Waals surface area contributed by atoms with Gasteiger partial charge in [0.15, 0.2) is 0 Å². The number of carbonyl (C=O) groups excluding carboxylic acids is 1. The van der Waals surface area contributed by atoms with Gasteiger partial charge in [0.05, 0.1) is 18.4 Å². The van der Waals surface area contributed by atoms with Gasteiger partial charge in [0, 0.05) is 17.8 Å². The van der Waals surface area contributed by atoms with E-state index in [1.54, 1.807) is 18.0 Å². The molecular formula is C21H21N3O2. The van der Waals surface area contributed by atoms with E-state index < -0.39 is 0 Å². The molecular weight excluding hydrogens is 326 g/mol. The van der Waals surface area contributed by atoms with E-state index in [4.69, 9.17) is 9.84 Å². The van der Waals surface area contributed by atoms with Crippen LogP contribution >= 0.6 is 0 Å². The van der Waals surface area contributed by atoms with Crippen LogP contribution in [0.1, 0.15) is 28.8 Å². The number of benzene rings is 2. The van der Waals surface area contributed by atoms with E-state index in [-0.39, 0.29) is 5.91 Å². The summed E-state index contributed by atoms with van der Waals surface area (Å²) in [6, 6.07) is 16.0. The first-order valence-corrected chi connectivity index (χ1v) is 8.76. The molecule has 1 aromatic heterocycles. The van der Waals surface area contributed by atoms with Crippen molar-refractivity contribution in [2.45, 2.75) is 25.8 Å². The highest BCUT2D eigenvalue weighted by Crippen LogP contribution is 2.28. The molecule has 0 atom stereocenters. The van der Waals surface area contributed by atoms with Crippen LogP contribution in [0.2, 0.25) is 0 Å². The van der Waals surface area contributed by atoms with Crippen molar-refractivity contribution in [3.63, 3.8) is 0 Å². The number of hydrogen-bond donors (Lipinski definition) is 1. The Morgan fingerprint density at radius 1 is 1.19 bits per heavy atom. The van der Waals surface area contributed by atoms with Gasteiger partial charge in [-0.3, -0.25) is 4.79 Å². The number of methoxy groups -OCH3 is 1. The molecule has 3 aromatic rings. The van der Waals surface area contributed by atoms with Gasteiger partial charge in [-0.15, -0.1) is 0 Å². The molecule has 1 aliphatic rings. The second-order valence-corrected chi connectivity index (χ2v) is 6.65. The molecule has 1 saturated carbocycles. The lowest BCUT2D eigenvalue weighted by molar-refractivity contribution is 0.0951. The first-order valence-electron chi connectivity index (χ1n) is 8.76. The lowest BCUT2D eigenvalue weighted by atomic mass is 10.1. The summed E-state index contributed by atoms with van der Waals surface area (Å²) in [6.07, 6.45) is 3.90. The molecule has 0 spiro atoms. The minimum absolute atomic E-state index is 0.0799. The van der Waals surface area contributed by atoms with Crippen LogP contribution in [0, 0.1) is 6.92 Å². The molecule has 132 valence electrons. The Hall–Kier alpha value is -3.08. The van der Waals surface area contributed by atoms with Crippen LogP contribution in [0.25, 0.3) is 16.9 Å². The summed E-state index contributed by atoms with van der Waals surface area (Å²) in [5, 5.41) is 7.76. The molecule has 26 heavy (non-hydrogen) atoms. The summed E-state index contributed by atoms with van der Waals surface area (Å²) in [6.45, 7) is 2.04. The van der Waals surface area contributed by atoms with E-state index in [1.807, 2.05) is 55.5 Å². The SMILES string of the molecule is COc1cccc(-c2nn(-c3ccc(C)cc3)cc2C(=O)NC2CC2)c1. The van der Waals surface area contributed by atoms with Gasteiger partial charge in [0.2, 0.25) is 0 Å². The Labute approximate surface area is 152 Å². The van der Waals surface area contributed by atoms with E-state index in [9.17, 15) is 4.79 Å². The third-order valence-electron chi connectivity index (χ3n) is 4.51. The monoisotopic (exact) mass is 347 g/mol. The molecule has 0 unspecified atom stereocenters. The lowest BCUT2D eigenvalue weighted by Gasteiger charge is -2.05. The molecule has 4 rings (SSSR count). The van der Waals surface area contributed by atoms with Crippen LogP contribution in [-0.2, 0) is 0 Å². The zero-order valence-corrected chi connectivity index (χ0v) is 14.9. The normalized spacial score (nSPS) is 13.5. The minimum atomic E-state index is -0.0799. The van der Waals surface area contributed by atoms with Gasteiger partial charge in [-0.1, -0.05) is 29.8 Å². The summed E-state index contributed by atoms with van der Waals surface area (Å²) in [5.41, 5.74) is 4.19. The van der Waals surface area contributed by atoms with Gasteiger partial charge < -0.3 is 10.1 Å². The third-order valence-corrected chi connectivity index (χ3v) is 4.51. The Balaban J connectivity index is 1.78. The second kappa shape index (κ2) is 6.67. The highest BCUT2D eigenvalue weighted by Gasteiger charge is 2.26. The maximum atomic E-state index is 12.7. The molecule has 5 heteroatoms. The molecule has 0 aliphatic heterocycles. The van der Waals surface area contributed by atoms with Crippen molar-refractivity contribution in [3.8, 4) is 22.7 Å². The highest BCUT2D eigenvalue weighted by atomic mass is 16.5. The topological polar surface area (TPSA) is 56.2 Å². The Kier molecular flexibility index (Phi) is 4.21. The minimum Gasteiger partial charge on any atom is -0.497 e. The van der Waals surface area contributed by atoms with E-state index >= 15 is 0 Å². The highest BCUT2D eigenvalue weighted by molar-refractivity contribution is 6.00. The zero-order valence-electron chi connectivity index (χ0n) is 14.9. The van der Waals surface area contributed by atoms with Gasteiger partial charge in [0.1, 0.15) is 11.4 Å². The number of aryl methyl sites for hydroxylation is 1. The fourth-order valence-corrected chi connectivity index (χ4v) is 2.84. The summed E-state index contributed by atoms with van der Waals surface area (Å²) >= 11 is 0. The van der Waals surface area contributed by atoms with Crippen molar-refractivity contribution in [2.24, 2.45) is 0 Å². The standard InChI is InChI=1S/C21H21N3O2/c1-14-6-10-17(11-7-14)24-13-19(21(25)22-16-8-9-16)20(23-24)15-4-3-5-18(12-15)26-2/h3-7,10-13,16H,8-9H2,1-2H3,(H,22,25). The number of carbonyl (C=O) groups is 1. The summed E-state index contributed by atoms with van der Waals surface area (Å²) in [5.74, 6) is 0.657. The Morgan fingerprint density at radius 2 is 1.96 bits per heavy atom. The molecule has 0 bridgehead atoms. The number of hydrogen-bond acceptors (Lipinski definition) is 3. The maximum absolute atomic E-state index is 12.7. The molecule has 1 heterocycles. The van der Waals surface area contributed by atoms with Gasteiger partial charge in [-0.25, -0.2) is 4.68 Å². The Bertz CT molecular complexity index is 940. The van der Waals surface area contributed by atoms with Gasteiger partial charge >= 0.3 is 0 Å². The Morgan fingerprint density at radius 3 is 2.65 bits per heavy atom. The molecule has 1 N–H and O–H groups in total. The largest absolute Gasteiger partial charge is 0.497 e. The molecule has 1 fully saturated rings. The molecule has 1 amide bonds. The van der Waals surface area contributed by atoms with E-state index in [0.29, 0.717) is 17.3 Å². The van der Waals surface area contributed by atoms with Crippen molar-refractivity contribution >= 4 is 5.91 Å². The lowest BCUT2D eigenvalue weighted by Crippen LogP contribution is -2.25. The van der Waals surface area contributed by atoms with Crippen LogP contribution in [0.5, 0.6) is 5.75 Å². The van der Waals surface area contributed by atoms with E-state index in [0.717, 1.165) is 29.8 Å². The van der Waals surface area contributed by atoms with Crippen LogP contribution in [-0.4, -0.2) is 28.8 Å². The first kappa shape index (κ1) is 16.4. The van der Waals surface area contributed by atoms with Gasteiger partial charge in [-0.2, -0.15) is 5.10 Å². The molecule has 0 radical (unpaired) electrons. The van der Waals surface area contributed by atoms with Gasteiger partial charge in [-0.05, 0) is 44.0 Å². The summed E-state index contributed by atoms with van der Waals surface area (Å²) < 4.78 is 7.08. The fraction of sp³-hybridized carbons (Fsp3) is 0.238. The maximum Gasteiger partial charge on any atom is 0.255 e. The average molecular weight is 347 g/mol. The molecule has 2 aromatic carbocycles. The fourth-order valence-electron chi connectivity index (χ4n) is 2.84. The van der Waals surface area contributed by atoms with Crippen LogP contribution in [0.15, 0.2) is 54.7 Å². The smallest absolute Gasteiger partial charge is 0.255 e. The average Bonchev–Trinajstić information content (AvgIpc) is 3.36. The van der Waals surface area contributed by atoms with Crippen LogP contribution in [0.3, 0.4) is 0 Å². The quantitative estimate of drug-likeness (QED) is 0.765. The molecule has 0 saturated heterocycles. The predicted octanol–water partition coefficient (Wildman–Crippen LogP) is 3.75. The van der Waals surface area contributed by atoms with E-state index in [1.165, 1.54) is 5.56 Å². The zero-order chi connectivity index (χ0) is 18.1. The third kappa shape index (κ3) is 3.33. The molecule has 5 nitrogen and oxygen atoms in total. The van der Waals surface area contributed by atoms with Crippen LogP contribution in [0.4, 0.5) is 0 Å². The van der Waals surface area contributed by atoms with Crippen LogP contribution < -0.4 is 10.1 Å². The number of nitrogens with zero attached hydrogens (tertiary/aromatic N) is 2. The number of rotatable bonds is 5. The van der Waals surface area contributed by atoms with E-state index in [2.05, 4.69) is 5.32 Å². The molecule has 1 aliphatic carbocycles. The second-order valence-electron chi connectivity index (χ2n) is 6.65. The van der Waals surface area contributed by atoms with Crippen molar-refractivity contribution in [2.75, 3.05) is 7.11 Å². The van der Waals surface area contributed by atoms with Crippen molar-refractivity contribution in [1.82, 2.24) is 15.1 Å². The van der Waals surface area contributed by atoms with Gasteiger partial charge in [0.25, 0.3) is 5.91 Å².